The minimum Gasteiger partial charge on any atom is -0.326 e. The van der Waals surface area contributed by atoms with Crippen molar-refractivity contribution >= 4 is 23.1 Å². The van der Waals surface area contributed by atoms with Gasteiger partial charge in [0.1, 0.15) is 10.8 Å². The van der Waals surface area contributed by atoms with E-state index in [1.54, 1.807) is 6.07 Å². The number of aromatic nitrogens is 1. The third-order valence-corrected chi connectivity index (χ3v) is 4.78. The molecular formula is C14H17FN2S2. The summed E-state index contributed by atoms with van der Waals surface area (Å²) in [7, 11) is 0. The number of hydrogen-bond donors (Lipinski definition) is 1. The number of thioether (sulfide) groups is 1. The smallest absolute Gasteiger partial charge is 0.134 e. The number of benzene rings is 1. The molecule has 1 aromatic carbocycles. The third-order valence-electron chi connectivity index (χ3n) is 2.86. The molecule has 2 nitrogen and oxygen atoms in total. The molecule has 0 fully saturated rings. The van der Waals surface area contributed by atoms with Crippen LogP contribution < -0.4 is 5.73 Å². The predicted octanol–water partition coefficient (Wildman–Crippen LogP) is 4.08. The van der Waals surface area contributed by atoms with Crippen LogP contribution in [-0.4, -0.2) is 11.2 Å². The summed E-state index contributed by atoms with van der Waals surface area (Å²) in [5, 5.41) is 0.742. The number of nitrogens with zero attached hydrogens (tertiary/aromatic N) is 1. The van der Waals surface area contributed by atoms with Crippen LogP contribution in [0.4, 0.5) is 4.39 Å². The lowest BCUT2D eigenvalue weighted by atomic mass is 10.2. The number of nitrogens with two attached hydrogens (primary N) is 1. The van der Waals surface area contributed by atoms with E-state index >= 15 is 0 Å². The average molecular weight is 296 g/mol. The highest BCUT2D eigenvalue weighted by Gasteiger charge is 2.17. The molecule has 0 saturated carbocycles. The number of rotatable bonds is 5. The highest BCUT2D eigenvalue weighted by molar-refractivity contribution is 7.98. The van der Waals surface area contributed by atoms with E-state index in [-0.39, 0.29) is 5.82 Å². The lowest BCUT2D eigenvalue weighted by Crippen LogP contribution is -1.97. The lowest BCUT2D eigenvalue weighted by molar-refractivity contribution is 0.628. The van der Waals surface area contributed by atoms with Crippen LogP contribution >= 0.6 is 23.1 Å². The monoisotopic (exact) mass is 296 g/mol. The molecule has 0 radical (unpaired) electrons. The van der Waals surface area contributed by atoms with Crippen molar-refractivity contribution in [2.24, 2.45) is 5.73 Å². The quantitative estimate of drug-likeness (QED) is 0.845. The first-order valence-corrected chi connectivity index (χ1v) is 8.26. The van der Waals surface area contributed by atoms with Gasteiger partial charge in [-0.15, -0.1) is 23.1 Å². The van der Waals surface area contributed by atoms with Gasteiger partial charge >= 0.3 is 0 Å². The standard InChI is InChI=1S/C14H17FN2S2/c1-3-5-10-12(8-16)19-14(17-10)13-9(15)6-4-7-11(13)18-2/h4,6-7H,3,5,8,16H2,1-2H3. The fourth-order valence-corrected chi connectivity index (χ4v) is 3.69. The van der Waals surface area contributed by atoms with Crippen molar-refractivity contribution in [1.29, 1.82) is 0 Å². The van der Waals surface area contributed by atoms with Crippen LogP contribution in [0.5, 0.6) is 0 Å². The Labute approximate surface area is 121 Å². The second-order valence-electron chi connectivity index (χ2n) is 4.16. The van der Waals surface area contributed by atoms with Gasteiger partial charge in [-0.05, 0) is 24.8 Å². The highest BCUT2D eigenvalue weighted by Crippen LogP contribution is 2.36. The maximum absolute atomic E-state index is 14.1. The second kappa shape index (κ2) is 6.50. The Morgan fingerprint density at radius 3 is 2.84 bits per heavy atom. The molecule has 0 aliphatic heterocycles. The second-order valence-corrected chi connectivity index (χ2v) is 6.09. The Kier molecular flexibility index (Phi) is 4.96. The molecule has 2 aromatic rings. The Morgan fingerprint density at radius 1 is 1.42 bits per heavy atom. The fourth-order valence-electron chi connectivity index (χ4n) is 1.96. The SMILES string of the molecule is CCCc1nc(-c2c(F)cccc2SC)sc1CN. The molecule has 0 atom stereocenters. The molecule has 1 aromatic heterocycles. The number of hydrogen-bond acceptors (Lipinski definition) is 4. The summed E-state index contributed by atoms with van der Waals surface area (Å²) in [6.07, 6.45) is 3.86. The first-order chi connectivity index (χ1) is 9.21. The van der Waals surface area contributed by atoms with Crippen LogP contribution in [0.2, 0.25) is 0 Å². The Morgan fingerprint density at radius 2 is 2.21 bits per heavy atom. The van der Waals surface area contributed by atoms with E-state index in [0.29, 0.717) is 12.1 Å². The minimum atomic E-state index is -0.216. The van der Waals surface area contributed by atoms with E-state index in [2.05, 4.69) is 11.9 Å². The summed E-state index contributed by atoms with van der Waals surface area (Å²) < 4.78 is 14.1. The number of thiazole rings is 1. The number of aryl methyl sites for hydroxylation is 1. The third kappa shape index (κ3) is 2.99. The molecule has 2 rings (SSSR count). The van der Waals surface area contributed by atoms with E-state index < -0.39 is 0 Å². The van der Waals surface area contributed by atoms with Gasteiger partial charge in [-0.3, -0.25) is 0 Å². The molecule has 102 valence electrons. The first-order valence-electron chi connectivity index (χ1n) is 6.22. The summed E-state index contributed by atoms with van der Waals surface area (Å²) in [5.41, 5.74) is 7.37. The highest BCUT2D eigenvalue weighted by atomic mass is 32.2. The summed E-state index contributed by atoms with van der Waals surface area (Å²) in [4.78, 5) is 6.57. The normalized spacial score (nSPS) is 10.9. The topological polar surface area (TPSA) is 38.9 Å². The van der Waals surface area contributed by atoms with Gasteiger partial charge in [0.05, 0.1) is 11.3 Å². The van der Waals surface area contributed by atoms with Gasteiger partial charge in [0.2, 0.25) is 0 Å². The van der Waals surface area contributed by atoms with E-state index in [1.807, 2.05) is 12.3 Å². The van der Waals surface area contributed by atoms with Gasteiger partial charge in [0.15, 0.2) is 0 Å². The fraction of sp³-hybridized carbons (Fsp3) is 0.357. The average Bonchev–Trinajstić information content (AvgIpc) is 2.81. The van der Waals surface area contributed by atoms with Crippen LogP contribution in [0.1, 0.15) is 23.9 Å². The van der Waals surface area contributed by atoms with Gasteiger partial charge in [0, 0.05) is 16.3 Å². The zero-order chi connectivity index (χ0) is 13.8. The van der Waals surface area contributed by atoms with Crippen molar-refractivity contribution in [3.63, 3.8) is 0 Å². The molecular weight excluding hydrogens is 279 g/mol. The largest absolute Gasteiger partial charge is 0.326 e. The van der Waals surface area contributed by atoms with E-state index in [0.717, 1.165) is 33.3 Å². The lowest BCUT2D eigenvalue weighted by Gasteiger charge is -2.05. The van der Waals surface area contributed by atoms with Crippen LogP contribution in [0.15, 0.2) is 23.1 Å². The molecule has 19 heavy (non-hydrogen) atoms. The molecule has 0 aliphatic carbocycles. The van der Waals surface area contributed by atoms with Crippen LogP contribution in [0.25, 0.3) is 10.6 Å². The maximum Gasteiger partial charge on any atom is 0.134 e. The van der Waals surface area contributed by atoms with Crippen molar-refractivity contribution in [2.45, 2.75) is 31.2 Å². The molecule has 1 heterocycles. The summed E-state index contributed by atoms with van der Waals surface area (Å²) >= 11 is 3.04. The van der Waals surface area contributed by atoms with Gasteiger partial charge in [-0.25, -0.2) is 9.37 Å². The van der Waals surface area contributed by atoms with Gasteiger partial charge in [0.25, 0.3) is 0 Å². The molecule has 5 heteroatoms. The molecule has 0 amide bonds. The zero-order valence-corrected chi connectivity index (χ0v) is 12.7. The van der Waals surface area contributed by atoms with E-state index in [4.69, 9.17) is 5.73 Å². The summed E-state index contributed by atoms with van der Waals surface area (Å²) in [6, 6.07) is 5.14. The van der Waals surface area contributed by atoms with Crippen molar-refractivity contribution in [1.82, 2.24) is 4.98 Å². The number of halogens is 1. The maximum atomic E-state index is 14.1. The van der Waals surface area contributed by atoms with Gasteiger partial charge < -0.3 is 5.73 Å². The van der Waals surface area contributed by atoms with E-state index in [9.17, 15) is 4.39 Å². The molecule has 0 spiro atoms. The predicted molar refractivity (Wildman–Crippen MR) is 81.2 cm³/mol. The molecule has 2 N–H and O–H groups in total. The van der Waals surface area contributed by atoms with Crippen molar-refractivity contribution in [2.75, 3.05) is 6.26 Å². The van der Waals surface area contributed by atoms with Crippen LogP contribution in [0.3, 0.4) is 0 Å². The van der Waals surface area contributed by atoms with E-state index in [1.165, 1.54) is 29.2 Å². The van der Waals surface area contributed by atoms with Crippen LogP contribution in [0, 0.1) is 5.82 Å². The summed E-state index contributed by atoms with van der Waals surface area (Å²) in [6.45, 7) is 2.58. The summed E-state index contributed by atoms with van der Waals surface area (Å²) in [5.74, 6) is -0.216. The molecule has 0 aliphatic rings. The molecule has 0 bridgehead atoms. The Hall–Kier alpha value is -0.910. The first kappa shape index (κ1) is 14.5. The minimum absolute atomic E-state index is 0.216. The van der Waals surface area contributed by atoms with Crippen molar-refractivity contribution in [3.8, 4) is 10.6 Å². The van der Waals surface area contributed by atoms with Crippen molar-refractivity contribution < 1.29 is 4.39 Å². The molecule has 0 saturated heterocycles. The molecule has 0 unspecified atom stereocenters. The zero-order valence-electron chi connectivity index (χ0n) is 11.1. The van der Waals surface area contributed by atoms with Gasteiger partial charge in [-0.2, -0.15) is 0 Å². The Bertz CT molecular complexity index is 567. The van der Waals surface area contributed by atoms with Crippen molar-refractivity contribution in [3.05, 3.63) is 34.6 Å². The Balaban J connectivity index is 2.53. The van der Waals surface area contributed by atoms with Gasteiger partial charge in [-0.1, -0.05) is 19.4 Å². The van der Waals surface area contributed by atoms with Crippen LogP contribution in [-0.2, 0) is 13.0 Å².